The number of ether oxygens (including phenoxy) is 2. The van der Waals surface area contributed by atoms with Gasteiger partial charge >= 0.3 is 5.97 Å². The van der Waals surface area contributed by atoms with Crippen LogP contribution < -0.4 is 11.1 Å². The molecule has 6 nitrogen and oxygen atoms in total. The number of nitrogens with two attached hydrogens (primary N) is 1. The lowest BCUT2D eigenvalue weighted by molar-refractivity contribution is -0.0191. The standard InChI is InChI=1S/C15H23N3O3/c1-3-18-6-7-21-12(10-18)9-17-14-8-11(15(19)20-2)4-5-13(14)16/h4-5,8,12,17H,3,6-7,9-10,16H2,1-2H3. The molecule has 21 heavy (non-hydrogen) atoms. The quantitative estimate of drug-likeness (QED) is 0.627. The first-order valence-electron chi connectivity index (χ1n) is 7.19. The number of hydrogen-bond donors (Lipinski definition) is 2. The third-order valence-corrected chi connectivity index (χ3v) is 3.66. The van der Waals surface area contributed by atoms with Gasteiger partial charge in [0.25, 0.3) is 0 Å². The minimum atomic E-state index is -0.371. The van der Waals surface area contributed by atoms with Gasteiger partial charge in [0.15, 0.2) is 0 Å². The van der Waals surface area contributed by atoms with Gasteiger partial charge in [0.05, 0.1) is 36.8 Å². The van der Waals surface area contributed by atoms with E-state index in [1.807, 2.05) is 0 Å². The van der Waals surface area contributed by atoms with Crippen molar-refractivity contribution >= 4 is 17.3 Å². The van der Waals surface area contributed by atoms with E-state index in [1.165, 1.54) is 7.11 Å². The Kier molecular flexibility index (Phi) is 5.41. The highest BCUT2D eigenvalue weighted by Gasteiger charge is 2.19. The molecule has 0 aliphatic carbocycles. The minimum Gasteiger partial charge on any atom is -0.465 e. The summed E-state index contributed by atoms with van der Waals surface area (Å²) in [6.07, 6.45) is 0.125. The number of esters is 1. The van der Waals surface area contributed by atoms with Crippen LogP contribution in [-0.2, 0) is 9.47 Å². The number of hydrogen-bond acceptors (Lipinski definition) is 6. The van der Waals surface area contributed by atoms with Crippen LogP contribution >= 0.6 is 0 Å². The van der Waals surface area contributed by atoms with Gasteiger partial charge in [0.1, 0.15) is 0 Å². The molecule has 1 aliphatic heterocycles. The van der Waals surface area contributed by atoms with Crippen molar-refractivity contribution in [1.82, 2.24) is 4.90 Å². The van der Waals surface area contributed by atoms with E-state index in [1.54, 1.807) is 18.2 Å². The number of nitrogens with zero attached hydrogens (tertiary/aromatic N) is 1. The average molecular weight is 293 g/mol. The molecule has 0 radical (unpaired) electrons. The molecule has 1 unspecified atom stereocenters. The van der Waals surface area contributed by atoms with Crippen LogP contribution in [-0.4, -0.2) is 56.9 Å². The van der Waals surface area contributed by atoms with Crippen LogP contribution in [0.4, 0.5) is 11.4 Å². The van der Waals surface area contributed by atoms with Crippen LogP contribution in [0.2, 0.25) is 0 Å². The van der Waals surface area contributed by atoms with Crippen molar-refractivity contribution < 1.29 is 14.3 Å². The predicted molar refractivity (Wildman–Crippen MR) is 82.5 cm³/mol. The van der Waals surface area contributed by atoms with E-state index in [4.69, 9.17) is 15.2 Å². The van der Waals surface area contributed by atoms with Crippen molar-refractivity contribution in [1.29, 1.82) is 0 Å². The lowest BCUT2D eigenvalue weighted by Crippen LogP contribution is -2.45. The summed E-state index contributed by atoms with van der Waals surface area (Å²) in [5, 5.41) is 3.26. The SMILES string of the molecule is CCN1CCOC(CNc2cc(C(=O)OC)ccc2N)C1. The van der Waals surface area contributed by atoms with Gasteiger partial charge in [-0.1, -0.05) is 6.92 Å². The molecule has 1 aromatic rings. The molecular formula is C15H23N3O3. The number of likely N-dealkylation sites (N-methyl/N-ethyl adjacent to an activating group) is 1. The fraction of sp³-hybridized carbons (Fsp3) is 0.533. The Balaban J connectivity index is 1.97. The topological polar surface area (TPSA) is 76.8 Å². The molecule has 1 aromatic carbocycles. The molecule has 0 aromatic heterocycles. The summed E-state index contributed by atoms with van der Waals surface area (Å²) >= 11 is 0. The highest BCUT2D eigenvalue weighted by Crippen LogP contribution is 2.21. The van der Waals surface area contributed by atoms with Crippen molar-refractivity contribution in [2.45, 2.75) is 13.0 Å². The van der Waals surface area contributed by atoms with Crippen molar-refractivity contribution in [2.75, 3.05) is 50.9 Å². The molecule has 1 saturated heterocycles. The van der Waals surface area contributed by atoms with Crippen LogP contribution in [0.15, 0.2) is 18.2 Å². The molecule has 0 bridgehead atoms. The highest BCUT2D eigenvalue weighted by atomic mass is 16.5. The number of rotatable bonds is 5. The van der Waals surface area contributed by atoms with Gasteiger partial charge in [-0.15, -0.1) is 0 Å². The molecule has 3 N–H and O–H groups in total. The molecule has 0 saturated carbocycles. The molecule has 1 heterocycles. The van der Waals surface area contributed by atoms with Crippen molar-refractivity contribution in [2.24, 2.45) is 0 Å². The fourth-order valence-corrected chi connectivity index (χ4v) is 2.37. The third-order valence-electron chi connectivity index (χ3n) is 3.66. The summed E-state index contributed by atoms with van der Waals surface area (Å²) in [7, 11) is 1.36. The monoisotopic (exact) mass is 293 g/mol. The highest BCUT2D eigenvalue weighted by molar-refractivity contribution is 5.91. The Labute approximate surface area is 125 Å². The maximum absolute atomic E-state index is 11.5. The zero-order valence-corrected chi connectivity index (χ0v) is 12.6. The van der Waals surface area contributed by atoms with Gasteiger partial charge in [-0.25, -0.2) is 4.79 Å². The first kappa shape index (κ1) is 15.6. The van der Waals surface area contributed by atoms with Gasteiger partial charge < -0.3 is 20.5 Å². The molecule has 0 spiro atoms. The number of carbonyl (C=O) groups excluding carboxylic acids is 1. The molecule has 1 atom stereocenters. The van der Waals surface area contributed by atoms with Crippen LogP contribution in [0.25, 0.3) is 0 Å². The van der Waals surface area contributed by atoms with Crippen LogP contribution in [0.5, 0.6) is 0 Å². The summed E-state index contributed by atoms with van der Waals surface area (Å²) in [6.45, 7) is 6.46. The van der Waals surface area contributed by atoms with Gasteiger partial charge in [0, 0.05) is 19.6 Å². The Bertz CT molecular complexity index is 493. The maximum atomic E-state index is 11.5. The largest absolute Gasteiger partial charge is 0.465 e. The molecule has 1 fully saturated rings. The van der Waals surface area contributed by atoms with E-state index in [0.29, 0.717) is 17.8 Å². The Morgan fingerprint density at radius 1 is 1.57 bits per heavy atom. The van der Waals surface area contributed by atoms with Crippen LogP contribution in [0, 0.1) is 0 Å². The zero-order chi connectivity index (χ0) is 15.2. The normalized spacial score (nSPS) is 19.2. The maximum Gasteiger partial charge on any atom is 0.337 e. The van der Waals surface area contributed by atoms with E-state index in [0.717, 1.165) is 31.9 Å². The first-order chi connectivity index (χ1) is 10.1. The summed E-state index contributed by atoms with van der Waals surface area (Å²) in [4.78, 5) is 13.9. The summed E-state index contributed by atoms with van der Waals surface area (Å²) in [5.74, 6) is -0.371. The first-order valence-corrected chi connectivity index (χ1v) is 7.19. The van der Waals surface area contributed by atoms with E-state index in [2.05, 4.69) is 17.1 Å². The lowest BCUT2D eigenvalue weighted by atomic mass is 10.1. The smallest absolute Gasteiger partial charge is 0.337 e. The molecule has 0 amide bonds. The predicted octanol–water partition coefficient (Wildman–Crippen LogP) is 1.19. The summed E-state index contributed by atoms with van der Waals surface area (Å²) < 4.78 is 10.4. The number of nitrogens with one attached hydrogen (secondary N) is 1. The van der Waals surface area contributed by atoms with Gasteiger partial charge in [0.2, 0.25) is 0 Å². The van der Waals surface area contributed by atoms with Gasteiger partial charge in [-0.05, 0) is 24.7 Å². The van der Waals surface area contributed by atoms with E-state index in [-0.39, 0.29) is 12.1 Å². The number of methoxy groups -OCH3 is 1. The minimum absolute atomic E-state index is 0.125. The van der Waals surface area contributed by atoms with Crippen LogP contribution in [0.3, 0.4) is 0 Å². The fourth-order valence-electron chi connectivity index (χ4n) is 2.37. The number of nitrogen functional groups attached to an aromatic ring is 1. The Morgan fingerprint density at radius 3 is 3.10 bits per heavy atom. The lowest BCUT2D eigenvalue weighted by Gasteiger charge is -2.32. The van der Waals surface area contributed by atoms with Crippen molar-refractivity contribution in [3.63, 3.8) is 0 Å². The van der Waals surface area contributed by atoms with Crippen molar-refractivity contribution in [3.8, 4) is 0 Å². The average Bonchev–Trinajstić information content (AvgIpc) is 2.53. The molecule has 2 rings (SSSR count). The third kappa shape index (κ3) is 4.09. The summed E-state index contributed by atoms with van der Waals surface area (Å²) in [5.41, 5.74) is 7.75. The Morgan fingerprint density at radius 2 is 2.38 bits per heavy atom. The van der Waals surface area contributed by atoms with Crippen molar-refractivity contribution in [3.05, 3.63) is 23.8 Å². The van der Waals surface area contributed by atoms with Crippen LogP contribution in [0.1, 0.15) is 17.3 Å². The molecule has 116 valence electrons. The summed E-state index contributed by atoms with van der Waals surface area (Å²) in [6, 6.07) is 5.07. The molecule has 1 aliphatic rings. The second-order valence-electron chi connectivity index (χ2n) is 5.06. The molecule has 6 heteroatoms. The second-order valence-corrected chi connectivity index (χ2v) is 5.06. The number of carbonyl (C=O) groups is 1. The number of benzene rings is 1. The number of anilines is 2. The zero-order valence-electron chi connectivity index (χ0n) is 12.6. The number of morpholine rings is 1. The molecular weight excluding hydrogens is 270 g/mol. The Hall–Kier alpha value is -1.79. The van der Waals surface area contributed by atoms with E-state index < -0.39 is 0 Å². The van der Waals surface area contributed by atoms with E-state index >= 15 is 0 Å². The van der Waals surface area contributed by atoms with Gasteiger partial charge in [-0.2, -0.15) is 0 Å². The van der Waals surface area contributed by atoms with E-state index in [9.17, 15) is 4.79 Å². The second kappa shape index (κ2) is 7.28. The van der Waals surface area contributed by atoms with Gasteiger partial charge in [-0.3, -0.25) is 4.90 Å².